The largest absolute Gasteiger partial charge is 0.339 e. The third-order valence-corrected chi connectivity index (χ3v) is 4.53. The van der Waals surface area contributed by atoms with Crippen LogP contribution >= 0.6 is 0 Å². The predicted molar refractivity (Wildman–Crippen MR) is 92.6 cm³/mol. The molecule has 1 saturated heterocycles. The highest BCUT2D eigenvalue weighted by Crippen LogP contribution is 2.20. The van der Waals surface area contributed by atoms with Gasteiger partial charge in [-0.05, 0) is 30.0 Å². The molecule has 0 aromatic heterocycles. The fourth-order valence-electron chi connectivity index (χ4n) is 2.89. The van der Waals surface area contributed by atoms with Crippen LogP contribution in [0.2, 0.25) is 0 Å². The van der Waals surface area contributed by atoms with Crippen molar-refractivity contribution in [2.75, 3.05) is 26.2 Å². The number of hydrogen-bond acceptors (Lipinski definition) is 2. The second-order valence-electron chi connectivity index (χ2n) is 7.00. The van der Waals surface area contributed by atoms with Gasteiger partial charge in [-0.2, -0.15) is 0 Å². The van der Waals surface area contributed by atoms with E-state index in [9.17, 15) is 9.59 Å². The third kappa shape index (κ3) is 3.92. The summed E-state index contributed by atoms with van der Waals surface area (Å²) >= 11 is 0. The van der Waals surface area contributed by atoms with E-state index in [0.29, 0.717) is 32.1 Å². The SMILES string of the molecule is Cc1ccc(C(C)C)cc1C(=O)N1CCN(C(=O)C(C)C)CC1. The summed E-state index contributed by atoms with van der Waals surface area (Å²) in [6, 6.07) is 6.14. The van der Waals surface area contributed by atoms with Gasteiger partial charge in [0.15, 0.2) is 0 Å². The first-order valence-electron chi connectivity index (χ1n) is 8.50. The number of piperazine rings is 1. The first-order chi connectivity index (χ1) is 10.8. The van der Waals surface area contributed by atoms with Crippen molar-refractivity contribution < 1.29 is 9.59 Å². The zero-order valence-electron chi connectivity index (χ0n) is 14.9. The summed E-state index contributed by atoms with van der Waals surface area (Å²) in [7, 11) is 0. The molecule has 1 aliphatic heterocycles. The van der Waals surface area contributed by atoms with E-state index < -0.39 is 0 Å². The Labute approximate surface area is 139 Å². The first kappa shape index (κ1) is 17.5. The van der Waals surface area contributed by atoms with Crippen LogP contribution in [0.1, 0.15) is 55.1 Å². The molecule has 0 spiro atoms. The molecule has 2 rings (SSSR count). The fourth-order valence-corrected chi connectivity index (χ4v) is 2.89. The summed E-state index contributed by atoms with van der Waals surface area (Å²) in [6.45, 7) is 12.6. The molecule has 0 aliphatic carbocycles. The second-order valence-corrected chi connectivity index (χ2v) is 7.00. The van der Waals surface area contributed by atoms with Crippen LogP contribution in [0.5, 0.6) is 0 Å². The quantitative estimate of drug-likeness (QED) is 0.860. The van der Waals surface area contributed by atoms with E-state index in [1.54, 1.807) is 0 Å². The minimum atomic E-state index is 0.0159. The lowest BCUT2D eigenvalue weighted by Crippen LogP contribution is -2.51. The Bertz CT molecular complexity index is 585. The van der Waals surface area contributed by atoms with Crippen molar-refractivity contribution in [1.82, 2.24) is 9.80 Å². The molecule has 4 nitrogen and oxygen atoms in total. The van der Waals surface area contributed by atoms with E-state index in [1.807, 2.05) is 42.7 Å². The maximum atomic E-state index is 12.8. The molecule has 0 atom stereocenters. The zero-order valence-corrected chi connectivity index (χ0v) is 14.9. The molecular weight excluding hydrogens is 288 g/mol. The van der Waals surface area contributed by atoms with Crippen LogP contribution in [0.3, 0.4) is 0 Å². The van der Waals surface area contributed by atoms with E-state index in [4.69, 9.17) is 0 Å². The highest BCUT2D eigenvalue weighted by atomic mass is 16.2. The molecule has 0 radical (unpaired) electrons. The Morgan fingerprint density at radius 2 is 1.52 bits per heavy atom. The Balaban J connectivity index is 2.08. The van der Waals surface area contributed by atoms with Gasteiger partial charge < -0.3 is 9.80 Å². The number of hydrogen-bond donors (Lipinski definition) is 0. The van der Waals surface area contributed by atoms with Crippen LogP contribution in [0.4, 0.5) is 0 Å². The molecule has 0 N–H and O–H groups in total. The molecule has 0 bridgehead atoms. The number of aryl methyl sites for hydroxylation is 1. The van der Waals surface area contributed by atoms with Gasteiger partial charge in [0.05, 0.1) is 0 Å². The Kier molecular flexibility index (Phi) is 5.45. The highest BCUT2D eigenvalue weighted by molar-refractivity contribution is 5.96. The van der Waals surface area contributed by atoms with Crippen molar-refractivity contribution in [2.45, 2.75) is 40.5 Å². The molecule has 126 valence electrons. The van der Waals surface area contributed by atoms with Crippen molar-refractivity contribution >= 4 is 11.8 Å². The molecule has 23 heavy (non-hydrogen) atoms. The standard InChI is InChI=1S/C19H28N2O2/c1-13(2)16-7-6-15(5)17(12-16)19(23)21-10-8-20(9-11-21)18(22)14(3)4/h6-7,12-14H,8-11H2,1-5H3. The smallest absolute Gasteiger partial charge is 0.254 e. The summed E-state index contributed by atoms with van der Waals surface area (Å²) in [5.74, 6) is 0.682. The van der Waals surface area contributed by atoms with Crippen LogP contribution in [0.15, 0.2) is 18.2 Å². The first-order valence-corrected chi connectivity index (χ1v) is 8.50. The summed E-state index contributed by atoms with van der Waals surface area (Å²) in [6.07, 6.45) is 0. The lowest BCUT2D eigenvalue weighted by molar-refractivity contribution is -0.135. The van der Waals surface area contributed by atoms with Gasteiger partial charge in [-0.15, -0.1) is 0 Å². The number of carbonyl (C=O) groups excluding carboxylic acids is 2. The summed E-state index contributed by atoms with van der Waals surface area (Å²) < 4.78 is 0. The molecule has 4 heteroatoms. The summed E-state index contributed by atoms with van der Waals surface area (Å²) in [5, 5.41) is 0. The normalized spacial score (nSPS) is 15.4. The molecule has 1 aromatic rings. The van der Waals surface area contributed by atoms with Crippen molar-refractivity contribution in [1.29, 1.82) is 0 Å². The molecule has 1 aromatic carbocycles. The van der Waals surface area contributed by atoms with E-state index >= 15 is 0 Å². The van der Waals surface area contributed by atoms with Crippen LogP contribution in [-0.4, -0.2) is 47.8 Å². The Hall–Kier alpha value is -1.84. The van der Waals surface area contributed by atoms with Crippen LogP contribution in [-0.2, 0) is 4.79 Å². The molecular formula is C19H28N2O2. The van der Waals surface area contributed by atoms with Gasteiger partial charge in [0.25, 0.3) is 5.91 Å². The topological polar surface area (TPSA) is 40.6 Å². The van der Waals surface area contributed by atoms with Gasteiger partial charge in [0, 0.05) is 37.7 Å². The van der Waals surface area contributed by atoms with Gasteiger partial charge in [0.2, 0.25) is 5.91 Å². The maximum absolute atomic E-state index is 12.8. The monoisotopic (exact) mass is 316 g/mol. The zero-order chi connectivity index (χ0) is 17.1. The minimum absolute atomic E-state index is 0.0159. The third-order valence-electron chi connectivity index (χ3n) is 4.53. The molecule has 2 amide bonds. The minimum Gasteiger partial charge on any atom is -0.339 e. The van der Waals surface area contributed by atoms with Crippen molar-refractivity contribution in [3.63, 3.8) is 0 Å². The van der Waals surface area contributed by atoms with Gasteiger partial charge in [0.1, 0.15) is 0 Å². The van der Waals surface area contributed by atoms with Crippen molar-refractivity contribution in [3.8, 4) is 0 Å². The Morgan fingerprint density at radius 3 is 2.04 bits per heavy atom. The molecule has 1 heterocycles. The van der Waals surface area contributed by atoms with Crippen molar-refractivity contribution in [3.05, 3.63) is 34.9 Å². The van der Waals surface area contributed by atoms with Gasteiger partial charge in [-0.3, -0.25) is 9.59 Å². The van der Waals surface area contributed by atoms with Crippen LogP contribution in [0.25, 0.3) is 0 Å². The maximum Gasteiger partial charge on any atom is 0.254 e. The average Bonchev–Trinajstić information content (AvgIpc) is 2.53. The van der Waals surface area contributed by atoms with Gasteiger partial charge >= 0.3 is 0 Å². The average molecular weight is 316 g/mol. The number of rotatable bonds is 3. The summed E-state index contributed by atoms with van der Waals surface area (Å²) in [4.78, 5) is 28.6. The van der Waals surface area contributed by atoms with E-state index in [1.165, 1.54) is 5.56 Å². The molecule has 1 fully saturated rings. The van der Waals surface area contributed by atoms with E-state index in [-0.39, 0.29) is 17.7 Å². The number of carbonyl (C=O) groups is 2. The molecule has 0 unspecified atom stereocenters. The summed E-state index contributed by atoms with van der Waals surface area (Å²) in [5.41, 5.74) is 2.99. The number of amides is 2. The number of nitrogens with zero attached hydrogens (tertiary/aromatic N) is 2. The van der Waals surface area contributed by atoms with Gasteiger partial charge in [-0.25, -0.2) is 0 Å². The van der Waals surface area contributed by atoms with Crippen LogP contribution < -0.4 is 0 Å². The van der Waals surface area contributed by atoms with E-state index in [0.717, 1.165) is 11.1 Å². The van der Waals surface area contributed by atoms with Crippen LogP contribution in [0, 0.1) is 12.8 Å². The highest BCUT2D eigenvalue weighted by Gasteiger charge is 2.26. The lowest BCUT2D eigenvalue weighted by Gasteiger charge is -2.36. The molecule has 0 saturated carbocycles. The number of benzene rings is 1. The van der Waals surface area contributed by atoms with Gasteiger partial charge in [-0.1, -0.05) is 39.8 Å². The molecule has 1 aliphatic rings. The lowest BCUT2D eigenvalue weighted by atomic mass is 9.97. The predicted octanol–water partition coefficient (Wildman–Crippen LogP) is 3.06. The second kappa shape index (κ2) is 7.16. The van der Waals surface area contributed by atoms with Crippen molar-refractivity contribution in [2.24, 2.45) is 5.92 Å². The van der Waals surface area contributed by atoms with E-state index in [2.05, 4.69) is 19.9 Å². The Morgan fingerprint density at radius 1 is 0.957 bits per heavy atom. The fraction of sp³-hybridized carbons (Fsp3) is 0.579.